The highest BCUT2D eigenvalue weighted by Crippen LogP contribution is 2.39. The second kappa shape index (κ2) is 12.5. The van der Waals surface area contributed by atoms with E-state index in [1.54, 1.807) is 12.1 Å². The van der Waals surface area contributed by atoms with Crippen molar-refractivity contribution in [1.29, 1.82) is 0 Å². The molecule has 4 rings (SSSR count). The number of hydrogen-bond acceptors (Lipinski definition) is 1. The van der Waals surface area contributed by atoms with Crippen molar-refractivity contribution in [3.05, 3.63) is 88.7 Å². The minimum atomic E-state index is -0.759. The molecule has 1 aliphatic carbocycles. The number of benzene rings is 3. The molecule has 1 nitrogen and oxygen atoms in total. The van der Waals surface area contributed by atoms with Gasteiger partial charge < -0.3 is 4.74 Å². The fourth-order valence-corrected chi connectivity index (χ4v) is 5.52. The summed E-state index contributed by atoms with van der Waals surface area (Å²) in [4.78, 5) is 0. The van der Waals surface area contributed by atoms with E-state index in [4.69, 9.17) is 4.74 Å². The maximum atomic E-state index is 15.0. The van der Waals surface area contributed by atoms with E-state index in [1.807, 2.05) is 36.4 Å². The standard InChI is InChI=1S/C32H37F3O/c1-3-4-5-6-22-7-14-25(15-8-22)29-19-17-26(31(34)32(29)35)16-11-23-9-12-24(13-10-23)28-20-18-27(36-2)21-30(28)33/h7-8,14-15,17-21,23-24H,3-6,9-13,16H2,1-2H3. The Bertz CT molecular complexity index is 1130. The predicted molar refractivity (Wildman–Crippen MR) is 141 cm³/mol. The highest BCUT2D eigenvalue weighted by Gasteiger charge is 2.25. The summed E-state index contributed by atoms with van der Waals surface area (Å²) in [5, 5.41) is 0. The maximum absolute atomic E-state index is 15.0. The van der Waals surface area contributed by atoms with Crippen LogP contribution in [0.3, 0.4) is 0 Å². The lowest BCUT2D eigenvalue weighted by molar-refractivity contribution is 0.305. The third-order valence-corrected chi connectivity index (χ3v) is 7.81. The second-order valence-electron chi connectivity index (χ2n) is 10.2. The van der Waals surface area contributed by atoms with Gasteiger partial charge in [-0.25, -0.2) is 13.2 Å². The van der Waals surface area contributed by atoms with Crippen molar-refractivity contribution >= 4 is 0 Å². The van der Waals surface area contributed by atoms with Crippen molar-refractivity contribution in [2.75, 3.05) is 7.11 Å². The summed E-state index contributed by atoms with van der Waals surface area (Å²) in [5.41, 5.74) is 3.46. The molecule has 0 bridgehead atoms. The summed E-state index contributed by atoms with van der Waals surface area (Å²) in [5.74, 6) is -0.506. The third kappa shape index (κ3) is 6.32. The molecular formula is C32H37F3O. The van der Waals surface area contributed by atoms with Crippen LogP contribution >= 0.6 is 0 Å². The lowest BCUT2D eigenvalue weighted by Crippen LogP contribution is -2.15. The molecule has 0 saturated heterocycles. The first-order chi connectivity index (χ1) is 17.5. The predicted octanol–water partition coefficient (Wildman–Crippen LogP) is 9.42. The van der Waals surface area contributed by atoms with Crippen molar-refractivity contribution in [2.45, 2.75) is 77.0 Å². The van der Waals surface area contributed by atoms with Crippen LogP contribution in [0, 0.1) is 23.4 Å². The van der Waals surface area contributed by atoms with E-state index in [9.17, 15) is 13.2 Å². The zero-order chi connectivity index (χ0) is 25.5. The summed E-state index contributed by atoms with van der Waals surface area (Å²) in [6.07, 6.45) is 9.66. The molecule has 1 saturated carbocycles. The molecule has 1 aliphatic rings. The summed E-state index contributed by atoms with van der Waals surface area (Å²) >= 11 is 0. The van der Waals surface area contributed by atoms with Crippen LogP contribution in [0.2, 0.25) is 0 Å². The first kappa shape index (κ1) is 26.3. The fourth-order valence-electron chi connectivity index (χ4n) is 5.52. The van der Waals surface area contributed by atoms with Gasteiger partial charge in [0.15, 0.2) is 11.6 Å². The molecule has 0 unspecified atom stereocenters. The average Bonchev–Trinajstić information content (AvgIpc) is 2.90. The van der Waals surface area contributed by atoms with Crippen LogP contribution in [0.5, 0.6) is 5.75 Å². The van der Waals surface area contributed by atoms with Crippen LogP contribution in [-0.2, 0) is 12.8 Å². The summed E-state index contributed by atoms with van der Waals surface area (Å²) < 4.78 is 49.5. The fraction of sp³-hybridized carbons (Fsp3) is 0.438. The van der Waals surface area contributed by atoms with Crippen molar-refractivity contribution in [3.8, 4) is 16.9 Å². The Morgan fingerprint density at radius 2 is 1.56 bits per heavy atom. The minimum absolute atomic E-state index is 0.207. The van der Waals surface area contributed by atoms with Crippen molar-refractivity contribution < 1.29 is 17.9 Å². The number of aryl methyl sites for hydroxylation is 2. The number of rotatable bonds is 10. The van der Waals surface area contributed by atoms with Gasteiger partial charge in [0, 0.05) is 11.6 Å². The molecule has 3 aromatic carbocycles. The Hall–Kier alpha value is -2.75. The normalized spacial score (nSPS) is 17.8. The third-order valence-electron chi connectivity index (χ3n) is 7.81. The summed E-state index contributed by atoms with van der Waals surface area (Å²) in [7, 11) is 1.54. The van der Waals surface area contributed by atoms with E-state index in [0.717, 1.165) is 50.5 Å². The molecule has 0 spiro atoms. The Morgan fingerprint density at radius 3 is 2.22 bits per heavy atom. The van der Waals surface area contributed by atoms with Crippen molar-refractivity contribution in [2.24, 2.45) is 5.92 Å². The van der Waals surface area contributed by atoms with E-state index < -0.39 is 11.6 Å². The van der Waals surface area contributed by atoms with Gasteiger partial charge in [0.2, 0.25) is 0 Å². The van der Waals surface area contributed by atoms with Gasteiger partial charge >= 0.3 is 0 Å². The molecule has 36 heavy (non-hydrogen) atoms. The van der Waals surface area contributed by atoms with Gasteiger partial charge in [-0.1, -0.05) is 62.2 Å². The van der Waals surface area contributed by atoms with Crippen LogP contribution < -0.4 is 4.74 Å². The molecule has 0 heterocycles. The smallest absolute Gasteiger partial charge is 0.166 e. The number of methoxy groups -OCH3 is 1. The second-order valence-corrected chi connectivity index (χ2v) is 10.2. The van der Waals surface area contributed by atoms with Gasteiger partial charge in [0.1, 0.15) is 11.6 Å². The SMILES string of the molecule is CCCCCc1ccc(-c2ccc(CCC3CCC(c4ccc(OC)cc4F)CC3)c(F)c2F)cc1. The summed E-state index contributed by atoms with van der Waals surface area (Å²) in [6, 6.07) is 16.4. The van der Waals surface area contributed by atoms with Crippen LogP contribution in [0.4, 0.5) is 13.2 Å². The van der Waals surface area contributed by atoms with E-state index in [-0.39, 0.29) is 11.7 Å². The first-order valence-electron chi connectivity index (χ1n) is 13.4. The average molecular weight is 495 g/mol. The maximum Gasteiger partial charge on any atom is 0.166 e. The quantitative estimate of drug-likeness (QED) is 0.255. The van der Waals surface area contributed by atoms with Gasteiger partial charge in [-0.3, -0.25) is 0 Å². The van der Waals surface area contributed by atoms with E-state index in [2.05, 4.69) is 6.92 Å². The molecule has 0 aliphatic heterocycles. The minimum Gasteiger partial charge on any atom is -0.497 e. The molecule has 0 radical (unpaired) electrons. The van der Waals surface area contributed by atoms with Gasteiger partial charge in [-0.05, 0) is 91.5 Å². The molecular weight excluding hydrogens is 457 g/mol. The number of ether oxygens (including phenoxy) is 1. The van der Waals surface area contributed by atoms with Crippen LogP contribution in [0.15, 0.2) is 54.6 Å². The lowest BCUT2D eigenvalue weighted by atomic mass is 9.76. The zero-order valence-electron chi connectivity index (χ0n) is 21.5. The number of hydrogen-bond donors (Lipinski definition) is 0. The Kier molecular flexibility index (Phi) is 9.12. The van der Waals surface area contributed by atoms with Gasteiger partial charge in [-0.2, -0.15) is 0 Å². The largest absolute Gasteiger partial charge is 0.497 e. The molecule has 0 N–H and O–H groups in total. The zero-order valence-corrected chi connectivity index (χ0v) is 21.5. The van der Waals surface area contributed by atoms with E-state index in [0.29, 0.717) is 34.8 Å². The number of halogens is 3. The Balaban J connectivity index is 1.32. The van der Waals surface area contributed by atoms with Crippen molar-refractivity contribution in [1.82, 2.24) is 0 Å². The monoisotopic (exact) mass is 494 g/mol. The van der Waals surface area contributed by atoms with E-state index >= 15 is 0 Å². The Morgan fingerprint density at radius 1 is 0.806 bits per heavy atom. The first-order valence-corrected chi connectivity index (χ1v) is 13.4. The van der Waals surface area contributed by atoms with Crippen LogP contribution in [-0.4, -0.2) is 7.11 Å². The van der Waals surface area contributed by atoms with E-state index in [1.165, 1.54) is 31.6 Å². The topological polar surface area (TPSA) is 9.23 Å². The lowest BCUT2D eigenvalue weighted by Gasteiger charge is -2.29. The van der Waals surface area contributed by atoms with Gasteiger partial charge in [-0.15, -0.1) is 0 Å². The Labute approximate surface area is 213 Å². The van der Waals surface area contributed by atoms with Gasteiger partial charge in [0.25, 0.3) is 0 Å². The van der Waals surface area contributed by atoms with Gasteiger partial charge in [0.05, 0.1) is 7.11 Å². The number of unbranched alkanes of at least 4 members (excludes halogenated alkanes) is 2. The molecule has 3 aromatic rings. The molecule has 0 aromatic heterocycles. The molecule has 0 atom stereocenters. The highest BCUT2D eigenvalue weighted by molar-refractivity contribution is 5.65. The molecule has 192 valence electrons. The molecule has 4 heteroatoms. The summed E-state index contributed by atoms with van der Waals surface area (Å²) in [6.45, 7) is 2.18. The van der Waals surface area contributed by atoms with Crippen LogP contribution in [0.25, 0.3) is 11.1 Å². The van der Waals surface area contributed by atoms with Crippen LogP contribution in [0.1, 0.15) is 80.9 Å². The molecule has 1 fully saturated rings. The highest BCUT2D eigenvalue weighted by atomic mass is 19.2. The molecule has 0 amide bonds. The van der Waals surface area contributed by atoms with Crippen molar-refractivity contribution in [3.63, 3.8) is 0 Å².